The minimum atomic E-state index is -1.01. The van der Waals surface area contributed by atoms with Crippen LogP contribution >= 0.6 is 0 Å². The summed E-state index contributed by atoms with van der Waals surface area (Å²) in [5.41, 5.74) is 19.6. The van der Waals surface area contributed by atoms with Crippen LogP contribution in [0.4, 0.5) is 11.4 Å². The molecule has 0 aliphatic carbocycles. The van der Waals surface area contributed by atoms with E-state index in [9.17, 15) is 5.11 Å². The smallest absolute Gasteiger partial charge is 0.161 e. The number of methoxy groups -OCH3 is 2. The molecule has 3 rings (SSSR count). The molecule has 0 aliphatic rings. The highest BCUT2D eigenvalue weighted by molar-refractivity contribution is 5.70. The number of aliphatic hydroxyl groups excluding tert-OH is 1. The van der Waals surface area contributed by atoms with Crippen molar-refractivity contribution >= 4 is 11.4 Å². The Kier molecular flexibility index (Phi) is 7.45. The molecular formula is C25H31N3O4. The summed E-state index contributed by atoms with van der Waals surface area (Å²) in [6, 6.07) is 20.7. The second kappa shape index (κ2) is 10.3. The summed E-state index contributed by atoms with van der Waals surface area (Å²) in [6.45, 7) is 0.0829. The predicted molar refractivity (Wildman–Crippen MR) is 127 cm³/mol. The summed E-state index contributed by atoms with van der Waals surface area (Å²) in [4.78, 5) is 0. The molecule has 7 N–H and O–H groups in total. The van der Waals surface area contributed by atoms with Crippen LogP contribution in [0.25, 0.3) is 0 Å². The minimum Gasteiger partial charge on any atom is -0.493 e. The Bertz CT molecular complexity index is 1030. The van der Waals surface area contributed by atoms with Crippen LogP contribution in [0.5, 0.6) is 17.2 Å². The predicted octanol–water partition coefficient (Wildman–Crippen LogP) is 3.09. The van der Waals surface area contributed by atoms with Crippen molar-refractivity contribution in [1.82, 2.24) is 0 Å². The molecule has 2 atom stereocenters. The zero-order valence-electron chi connectivity index (χ0n) is 18.5. The van der Waals surface area contributed by atoms with E-state index in [1.807, 2.05) is 48.5 Å². The van der Waals surface area contributed by atoms with Crippen LogP contribution in [-0.4, -0.2) is 32.0 Å². The average Bonchev–Trinajstić information content (AvgIpc) is 2.82. The lowest BCUT2D eigenvalue weighted by Gasteiger charge is -2.37. The molecule has 0 saturated heterocycles. The van der Waals surface area contributed by atoms with E-state index in [0.29, 0.717) is 35.0 Å². The SMILES string of the molecule is COc1ccc(C(Cc2ccccc2)(C[C@H](O)CN)Oc2cccc(N)c2N)cc1OC. The molecule has 0 aliphatic heterocycles. The van der Waals surface area contributed by atoms with Crippen LogP contribution < -0.4 is 31.4 Å². The second-order valence-corrected chi connectivity index (χ2v) is 7.68. The molecule has 170 valence electrons. The molecule has 0 amide bonds. The van der Waals surface area contributed by atoms with Gasteiger partial charge in [0, 0.05) is 19.4 Å². The topological polar surface area (TPSA) is 126 Å². The largest absolute Gasteiger partial charge is 0.493 e. The van der Waals surface area contributed by atoms with Gasteiger partial charge in [0.25, 0.3) is 0 Å². The van der Waals surface area contributed by atoms with E-state index in [-0.39, 0.29) is 13.0 Å². The number of ether oxygens (including phenoxy) is 3. The summed E-state index contributed by atoms with van der Waals surface area (Å²) in [7, 11) is 3.16. The Morgan fingerprint density at radius 2 is 1.59 bits per heavy atom. The zero-order valence-corrected chi connectivity index (χ0v) is 18.5. The molecule has 32 heavy (non-hydrogen) atoms. The van der Waals surface area contributed by atoms with E-state index >= 15 is 0 Å². The highest BCUT2D eigenvalue weighted by atomic mass is 16.5. The first-order valence-electron chi connectivity index (χ1n) is 10.4. The third-order valence-corrected chi connectivity index (χ3v) is 5.48. The van der Waals surface area contributed by atoms with Gasteiger partial charge in [-0.1, -0.05) is 42.5 Å². The molecule has 0 saturated carbocycles. The summed E-state index contributed by atoms with van der Waals surface area (Å²) in [5.74, 6) is 1.57. The monoisotopic (exact) mass is 437 g/mol. The van der Waals surface area contributed by atoms with Crippen molar-refractivity contribution in [2.75, 3.05) is 32.2 Å². The van der Waals surface area contributed by atoms with Crippen LogP contribution in [0.1, 0.15) is 17.5 Å². The molecule has 3 aromatic rings. The summed E-state index contributed by atoms with van der Waals surface area (Å²) < 4.78 is 17.6. The van der Waals surface area contributed by atoms with E-state index in [0.717, 1.165) is 11.1 Å². The van der Waals surface area contributed by atoms with Crippen molar-refractivity contribution < 1.29 is 19.3 Å². The van der Waals surface area contributed by atoms with E-state index in [1.165, 1.54) is 0 Å². The number of benzene rings is 3. The fourth-order valence-corrected chi connectivity index (χ4v) is 3.80. The first kappa shape index (κ1) is 23.2. The third-order valence-electron chi connectivity index (χ3n) is 5.48. The Balaban J connectivity index is 2.20. The van der Waals surface area contributed by atoms with Crippen molar-refractivity contribution in [3.05, 3.63) is 77.9 Å². The van der Waals surface area contributed by atoms with Gasteiger partial charge in [0.15, 0.2) is 11.5 Å². The summed E-state index contributed by atoms with van der Waals surface area (Å²) in [5, 5.41) is 10.6. The highest BCUT2D eigenvalue weighted by Gasteiger charge is 2.38. The van der Waals surface area contributed by atoms with Crippen molar-refractivity contribution in [2.45, 2.75) is 24.5 Å². The molecule has 0 radical (unpaired) electrons. The van der Waals surface area contributed by atoms with Gasteiger partial charge in [-0.05, 0) is 35.4 Å². The maximum atomic E-state index is 10.6. The fraction of sp³-hybridized carbons (Fsp3) is 0.280. The van der Waals surface area contributed by atoms with E-state index in [2.05, 4.69) is 0 Å². The number of nitrogen functional groups attached to an aromatic ring is 2. The lowest BCUT2D eigenvalue weighted by Crippen LogP contribution is -2.41. The quantitative estimate of drug-likeness (QED) is 0.359. The maximum Gasteiger partial charge on any atom is 0.161 e. The number of hydrogen-bond donors (Lipinski definition) is 4. The maximum absolute atomic E-state index is 10.6. The summed E-state index contributed by atoms with van der Waals surface area (Å²) in [6.07, 6.45) is -0.134. The van der Waals surface area contributed by atoms with E-state index < -0.39 is 11.7 Å². The van der Waals surface area contributed by atoms with Gasteiger partial charge in [0.05, 0.1) is 31.7 Å². The molecule has 0 bridgehead atoms. The molecule has 0 fully saturated rings. The standard InChI is InChI=1S/C25H31N3O4/c1-30-21-12-11-18(13-23(21)31-2)25(15-19(29)16-26,14-17-7-4-3-5-8-17)32-22-10-6-9-20(27)24(22)28/h3-13,19,29H,14-16,26-28H2,1-2H3/t19-,25?/m0/s1. The Morgan fingerprint density at radius 1 is 0.875 bits per heavy atom. The zero-order chi connectivity index (χ0) is 23.1. The number of rotatable bonds is 10. The van der Waals surface area contributed by atoms with Crippen molar-refractivity contribution in [1.29, 1.82) is 0 Å². The second-order valence-electron chi connectivity index (χ2n) is 7.68. The number of aliphatic hydroxyl groups is 1. The number of anilines is 2. The van der Waals surface area contributed by atoms with Gasteiger partial charge in [-0.15, -0.1) is 0 Å². The van der Waals surface area contributed by atoms with Gasteiger partial charge in [0.1, 0.15) is 11.4 Å². The molecule has 7 nitrogen and oxygen atoms in total. The summed E-state index contributed by atoms with van der Waals surface area (Å²) >= 11 is 0. The average molecular weight is 438 g/mol. The van der Waals surface area contributed by atoms with Gasteiger partial charge in [-0.25, -0.2) is 0 Å². The number of nitrogens with two attached hydrogens (primary N) is 3. The van der Waals surface area contributed by atoms with Crippen molar-refractivity contribution in [3.8, 4) is 17.2 Å². The van der Waals surface area contributed by atoms with Gasteiger partial charge in [-0.3, -0.25) is 0 Å². The van der Waals surface area contributed by atoms with Gasteiger partial charge >= 0.3 is 0 Å². The highest BCUT2D eigenvalue weighted by Crippen LogP contribution is 2.42. The molecule has 0 spiro atoms. The van der Waals surface area contributed by atoms with Crippen molar-refractivity contribution in [2.24, 2.45) is 5.73 Å². The van der Waals surface area contributed by atoms with Gasteiger partial charge in [-0.2, -0.15) is 0 Å². The molecule has 0 heterocycles. The first-order chi connectivity index (χ1) is 15.4. The van der Waals surface area contributed by atoms with Crippen molar-refractivity contribution in [3.63, 3.8) is 0 Å². The number of hydrogen-bond acceptors (Lipinski definition) is 7. The lowest BCUT2D eigenvalue weighted by atomic mass is 9.82. The fourth-order valence-electron chi connectivity index (χ4n) is 3.80. The van der Waals surface area contributed by atoms with E-state index in [4.69, 9.17) is 31.4 Å². The molecule has 0 aromatic heterocycles. The van der Waals surface area contributed by atoms with Gasteiger partial charge < -0.3 is 36.5 Å². The normalized spacial score (nSPS) is 13.8. The Hall–Kier alpha value is -3.42. The Labute approximate surface area is 188 Å². The molecule has 1 unspecified atom stereocenters. The van der Waals surface area contributed by atoms with Crippen LogP contribution in [0.3, 0.4) is 0 Å². The third kappa shape index (κ3) is 5.07. The van der Waals surface area contributed by atoms with Crippen LogP contribution in [0.15, 0.2) is 66.7 Å². The van der Waals surface area contributed by atoms with Gasteiger partial charge in [0.2, 0.25) is 0 Å². The molecule has 3 aromatic carbocycles. The lowest BCUT2D eigenvalue weighted by molar-refractivity contribution is 0.00998. The Morgan fingerprint density at radius 3 is 2.25 bits per heavy atom. The van der Waals surface area contributed by atoms with E-state index in [1.54, 1.807) is 32.4 Å². The minimum absolute atomic E-state index is 0.0829. The molecule has 7 heteroatoms. The van der Waals surface area contributed by atoms with Crippen LogP contribution in [0.2, 0.25) is 0 Å². The molecular weight excluding hydrogens is 406 g/mol. The number of para-hydroxylation sites is 1. The van der Waals surface area contributed by atoms with Crippen LogP contribution in [-0.2, 0) is 12.0 Å². The first-order valence-corrected chi connectivity index (χ1v) is 10.4. The van der Waals surface area contributed by atoms with Crippen LogP contribution in [0, 0.1) is 0 Å².